The van der Waals surface area contributed by atoms with Gasteiger partial charge in [0.05, 0.1) is 11.1 Å². The third-order valence-corrected chi connectivity index (χ3v) is 3.82. The number of amides is 3. The molecule has 0 aliphatic carbocycles. The van der Waals surface area contributed by atoms with E-state index < -0.39 is 23.7 Å². The zero-order valence-electron chi connectivity index (χ0n) is 13.5. The van der Waals surface area contributed by atoms with Crippen molar-refractivity contribution in [2.45, 2.75) is 32.6 Å². The molecule has 1 heterocycles. The van der Waals surface area contributed by atoms with Crippen LogP contribution in [0.15, 0.2) is 18.2 Å². The van der Waals surface area contributed by atoms with Crippen molar-refractivity contribution in [3.8, 4) is 0 Å². The average Bonchev–Trinajstić information content (AvgIpc) is 2.75. The van der Waals surface area contributed by atoms with Crippen LogP contribution >= 0.6 is 0 Å². The molecule has 1 aliphatic heterocycles. The molecule has 1 aromatic rings. The number of benzene rings is 1. The van der Waals surface area contributed by atoms with Crippen LogP contribution in [0.3, 0.4) is 0 Å². The molecule has 0 aromatic heterocycles. The number of fused-ring (bicyclic) bond motifs is 1. The number of rotatable bonds is 8. The summed E-state index contributed by atoms with van der Waals surface area (Å²) in [6.45, 7) is 1.92. The van der Waals surface area contributed by atoms with Crippen molar-refractivity contribution in [1.82, 2.24) is 10.2 Å². The van der Waals surface area contributed by atoms with Gasteiger partial charge in [-0.15, -0.1) is 0 Å². The van der Waals surface area contributed by atoms with Crippen molar-refractivity contribution in [1.29, 1.82) is 0 Å². The van der Waals surface area contributed by atoms with Crippen molar-refractivity contribution in [3.05, 3.63) is 34.9 Å². The van der Waals surface area contributed by atoms with Crippen molar-refractivity contribution >= 4 is 23.7 Å². The minimum absolute atomic E-state index is 0.113. The molecule has 0 radical (unpaired) electrons. The first-order chi connectivity index (χ1) is 11.4. The Kier molecular flexibility index (Phi) is 5.68. The van der Waals surface area contributed by atoms with Gasteiger partial charge in [-0.2, -0.15) is 0 Å². The summed E-state index contributed by atoms with van der Waals surface area (Å²) in [4.78, 5) is 47.7. The molecule has 128 valence electrons. The van der Waals surface area contributed by atoms with E-state index in [2.05, 4.69) is 5.32 Å². The summed E-state index contributed by atoms with van der Waals surface area (Å²) in [5.41, 5.74) is 1.54. The molecule has 2 N–H and O–H groups in total. The van der Waals surface area contributed by atoms with Gasteiger partial charge in [-0.1, -0.05) is 18.1 Å². The van der Waals surface area contributed by atoms with Crippen molar-refractivity contribution < 1.29 is 24.3 Å². The first-order valence-electron chi connectivity index (χ1n) is 7.85. The molecule has 0 fully saturated rings. The minimum Gasteiger partial charge on any atom is -0.481 e. The van der Waals surface area contributed by atoms with Gasteiger partial charge in [0.15, 0.2) is 0 Å². The smallest absolute Gasteiger partial charge is 0.303 e. The average molecular weight is 332 g/mol. The normalized spacial score (nSPS) is 13.1. The number of hydrogen-bond donors (Lipinski definition) is 2. The summed E-state index contributed by atoms with van der Waals surface area (Å²) < 4.78 is 0. The second kappa shape index (κ2) is 7.72. The molecule has 0 bridgehead atoms. The molecule has 0 saturated carbocycles. The molecule has 1 aliphatic rings. The Morgan fingerprint density at radius 2 is 1.79 bits per heavy atom. The number of carboxylic acid groups (broad SMARTS) is 1. The van der Waals surface area contributed by atoms with Crippen LogP contribution in [0.2, 0.25) is 0 Å². The fraction of sp³-hybridized carbons (Fsp3) is 0.412. The standard InChI is InChI=1S/C17H20N2O5/c1-11-6-7-12-13(9-11)17(24)19(16(12)23)10-14(20)18-8-4-2-3-5-15(21)22/h6-7,9H,2-5,8,10H2,1H3,(H,18,20)(H,21,22). The molecule has 3 amide bonds. The van der Waals surface area contributed by atoms with Crippen LogP contribution in [0, 0.1) is 6.92 Å². The zero-order chi connectivity index (χ0) is 17.7. The number of nitrogens with zero attached hydrogens (tertiary/aromatic N) is 1. The highest BCUT2D eigenvalue weighted by atomic mass is 16.4. The Hall–Kier alpha value is -2.70. The predicted molar refractivity (Wildman–Crippen MR) is 85.7 cm³/mol. The van der Waals surface area contributed by atoms with Crippen molar-refractivity contribution in [2.75, 3.05) is 13.1 Å². The largest absolute Gasteiger partial charge is 0.481 e. The fourth-order valence-corrected chi connectivity index (χ4v) is 2.55. The van der Waals surface area contributed by atoms with Gasteiger partial charge in [-0.25, -0.2) is 0 Å². The third kappa shape index (κ3) is 4.18. The summed E-state index contributed by atoms with van der Waals surface area (Å²) in [5, 5.41) is 11.2. The lowest BCUT2D eigenvalue weighted by Crippen LogP contribution is -2.40. The second-order valence-corrected chi connectivity index (χ2v) is 5.80. The second-order valence-electron chi connectivity index (χ2n) is 5.80. The van der Waals surface area contributed by atoms with Crippen LogP contribution in [-0.4, -0.2) is 46.8 Å². The number of hydrogen-bond acceptors (Lipinski definition) is 4. The lowest BCUT2D eigenvalue weighted by Gasteiger charge is -2.13. The number of unbranched alkanes of at least 4 members (excludes halogenated alkanes) is 2. The number of carboxylic acids is 1. The Morgan fingerprint density at radius 3 is 2.50 bits per heavy atom. The minimum atomic E-state index is -0.833. The van der Waals surface area contributed by atoms with Gasteiger partial charge in [0.2, 0.25) is 5.91 Å². The Balaban J connectivity index is 1.80. The molecule has 24 heavy (non-hydrogen) atoms. The SMILES string of the molecule is Cc1ccc2c(c1)C(=O)N(CC(=O)NCCCCCC(=O)O)C2=O. The van der Waals surface area contributed by atoms with E-state index in [1.54, 1.807) is 18.2 Å². The van der Waals surface area contributed by atoms with Gasteiger partial charge in [0.25, 0.3) is 11.8 Å². The topological polar surface area (TPSA) is 104 Å². The van der Waals surface area contributed by atoms with E-state index in [0.29, 0.717) is 36.9 Å². The van der Waals surface area contributed by atoms with Crippen LogP contribution in [0.25, 0.3) is 0 Å². The predicted octanol–water partition coefficient (Wildman–Crippen LogP) is 1.35. The van der Waals surface area contributed by atoms with E-state index in [9.17, 15) is 19.2 Å². The number of nitrogens with one attached hydrogen (secondary N) is 1. The maximum Gasteiger partial charge on any atom is 0.303 e. The van der Waals surface area contributed by atoms with E-state index in [1.807, 2.05) is 6.92 Å². The number of aliphatic carboxylic acids is 1. The number of aryl methyl sites for hydroxylation is 1. The number of carbonyl (C=O) groups excluding carboxylic acids is 3. The molecule has 0 saturated heterocycles. The maximum absolute atomic E-state index is 12.2. The van der Waals surface area contributed by atoms with Gasteiger partial charge in [0.1, 0.15) is 6.54 Å². The Labute approximate surface area is 139 Å². The van der Waals surface area contributed by atoms with Crippen LogP contribution < -0.4 is 5.32 Å². The van der Waals surface area contributed by atoms with E-state index in [4.69, 9.17) is 5.11 Å². The van der Waals surface area contributed by atoms with E-state index in [1.165, 1.54) is 0 Å². The van der Waals surface area contributed by atoms with Gasteiger partial charge in [0, 0.05) is 13.0 Å². The summed E-state index contributed by atoms with van der Waals surface area (Å²) in [7, 11) is 0. The molecule has 0 spiro atoms. The third-order valence-electron chi connectivity index (χ3n) is 3.82. The zero-order valence-corrected chi connectivity index (χ0v) is 13.5. The highest BCUT2D eigenvalue weighted by molar-refractivity contribution is 6.22. The van der Waals surface area contributed by atoms with Crippen LogP contribution in [0.1, 0.15) is 52.0 Å². The number of carbonyl (C=O) groups is 4. The quantitative estimate of drug-likeness (QED) is 0.552. The lowest BCUT2D eigenvalue weighted by molar-refractivity contribution is -0.137. The monoisotopic (exact) mass is 332 g/mol. The summed E-state index contributed by atoms with van der Waals surface area (Å²) in [5.74, 6) is -2.14. The van der Waals surface area contributed by atoms with E-state index >= 15 is 0 Å². The highest BCUT2D eigenvalue weighted by Crippen LogP contribution is 2.23. The van der Waals surface area contributed by atoms with Crippen molar-refractivity contribution in [3.63, 3.8) is 0 Å². The summed E-state index contributed by atoms with van der Waals surface area (Å²) in [6.07, 6.45) is 2.02. The van der Waals surface area contributed by atoms with E-state index in [-0.39, 0.29) is 13.0 Å². The highest BCUT2D eigenvalue weighted by Gasteiger charge is 2.36. The molecule has 1 aromatic carbocycles. The summed E-state index contributed by atoms with van der Waals surface area (Å²) >= 11 is 0. The van der Waals surface area contributed by atoms with Crippen LogP contribution in [0.4, 0.5) is 0 Å². The first kappa shape index (κ1) is 17.7. The molecular formula is C17H20N2O5. The van der Waals surface area contributed by atoms with Crippen LogP contribution in [-0.2, 0) is 9.59 Å². The number of imide groups is 1. The van der Waals surface area contributed by atoms with Gasteiger partial charge in [-0.05, 0) is 31.9 Å². The molecular weight excluding hydrogens is 312 g/mol. The summed E-state index contributed by atoms with van der Waals surface area (Å²) in [6, 6.07) is 5.01. The molecule has 0 atom stereocenters. The fourth-order valence-electron chi connectivity index (χ4n) is 2.55. The lowest BCUT2D eigenvalue weighted by atomic mass is 10.1. The molecule has 0 unspecified atom stereocenters. The van der Waals surface area contributed by atoms with Crippen molar-refractivity contribution in [2.24, 2.45) is 0 Å². The van der Waals surface area contributed by atoms with E-state index in [0.717, 1.165) is 10.5 Å². The Morgan fingerprint density at radius 1 is 1.08 bits per heavy atom. The maximum atomic E-state index is 12.2. The molecule has 7 heteroatoms. The Bertz CT molecular complexity index is 684. The molecule has 2 rings (SSSR count). The van der Waals surface area contributed by atoms with Crippen LogP contribution in [0.5, 0.6) is 0 Å². The van der Waals surface area contributed by atoms with Gasteiger partial charge < -0.3 is 10.4 Å². The first-order valence-corrected chi connectivity index (χ1v) is 7.85. The molecule has 7 nitrogen and oxygen atoms in total. The van der Waals surface area contributed by atoms with Gasteiger partial charge >= 0.3 is 5.97 Å². The van der Waals surface area contributed by atoms with Gasteiger partial charge in [-0.3, -0.25) is 24.1 Å².